The van der Waals surface area contributed by atoms with Crippen LogP contribution in [0.15, 0.2) is 48.5 Å². The summed E-state index contributed by atoms with van der Waals surface area (Å²) in [7, 11) is 0. The fourth-order valence-electron chi connectivity index (χ4n) is 2.73. The smallest absolute Gasteiger partial charge is 0.310 e. The normalized spacial score (nSPS) is 13.9. The third-order valence-corrected chi connectivity index (χ3v) is 4.36. The molecule has 0 atom stereocenters. The van der Waals surface area contributed by atoms with Gasteiger partial charge in [0.25, 0.3) is 5.91 Å². The van der Waals surface area contributed by atoms with Crippen molar-refractivity contribution in [3.05, 3.63) is 71.0 Å². The summed E-state index contributed by atoms with van der Waals surface area (Å²) in [6.45, 7) is 0.931. The van der Waals surface area contributed by atoms with Gasteiger partial charge < -0.3 is 14.8 Å². The minimum Gasteiger partial charge on any atom is -0.444 e. The van der Waals surface area contributed by atoms with Crippen LogP contribution in [0.25, 0.3) is 0 Å². The first kappa shape index (κ1) is 19.6. The summed E-state index contributed by atoms with van der Waals surface area (Å²) >= 11 is 0. The van der Waals surface area contributed by atoms with E-state index in [4.69, 9.17) is 9.47 Å². The van der Waals surface area contributed by atoms with E-state index in [9.17, 15) is 14.0 Å². The number of esters is 1. The number of nitrogens with one attached hydrogen (secondary N) is 1. The van der Waals surface area contributed by atoms with E-state index in [0.717, 1.165) is 0 Å². The molecule has 0 spiro atoms. The number of amides is 1. The Kier molecular flexibility index (Phi) is 6.77. The Morgan fingerprint density at radius 2 is 1.79 bits per heavy atom. The number of benzene rings is 2. The molecule has 1 saturated heterocycles. The highest BCUT2D eigenvalue weighted by Crippen LogP contribution is 2.15. The average molecular weight is 381 g/mol. The first-order valence-electron chi connectivity index (χ1n) is 9.02. The van der Waals surface area contributed by atoms with Gasteiger partial charge in [0.15, 0.2) is 6.73 Å². The predicted molar refractivity (Wildman–Crippen MR) is 101 cm³/mol. The van der Waals surface area contributed by atoms with Gasteiger partial charge >= 0.3 is 5.97 Å². The van der Waals surface area contributed by atoms with Crippen LogP contribution < -0.4 is 5.32 Å². The molecule has 1 fully saturated rings. The first-order chi connectivity index (χ1) is 13.6. The highest BCUT2D eigenvalue weighted by Gasteiger charge is 2.22. The first-order valence-corrected chi connectivity index (χ1v) is 9.02. The molecule has 0 radical (unpaired) electrons. The van der Waals surface area contributed by atoms with Gasteiger partial charge in [0.05, 0.1) is 11.5 Å². The molecule has 28 heavy (non-hydrogen) atoms. The molecule has 1 aliphatic rings. The van der Waals surface area contributed by atoms with Crippen molar-refractivity contribution in [2.75, 3.05) is 19.9 Å². The lowest BCUT2D eigenvalue weighted by atomic mass is 10.0. The Labute approximate surface area is 162 Å². The van der Waals surface area contributed by atoms with Gasteiger partial charge in [-0.2, -0.15) is 0 Å². The van der Waals surface area contributed by atoms with E-state index in [1.54, 1.807) is 42.5 Å². The van der Waals surface area contributed by atoms with E-state index in [0.29, 0.717) is 42.7 Å². The molecule has 2 aromatic rings. The summed E-state index contributed by atoms with van der Waals surface area (Å²) in [6.07, 6.45) is 1.28. The number of rotatable bonds is 4. The van der Waals surface area contributed by atoms with Gasteiger partial charge in [0.1, 0.15) is 5.82 Å². The van der Waals surface area contributed by atoms with Crippen LogP contribution in [0.4, 0.5) is 4.39 Å². The molecule has 2 aromatic carbocycles. The minimum absolute atomic E-state index is 0.169. The molecule has 5 nitrogen and oxygen atoms in total. The second-order valence-electron chi connectivity index (χ2n) is 6.31. The van der Waals surface area contributed by atoms with Crippen LogP contribution in [0.1, 0.15) is 34.3 Å². The summed E-state index contributed by atoms with van der Waals surface area (Å²) in [6, 6.07) is 12.9. The van der Waals surface area contributed by atoms with Gasteiger partial charge in [-0.05, 0) is 49.2 Å². The van der Waals surface area contributed by atoms with Crippen molar-refractivity contribution in [3.8, 4) is 11.8 Å². The zero-order chi connectivity index (χ0) is 19.8. The summed E-state index contributed by atoms with van der Waals surface area (Å²) in [4.78, 5) is 24.0. The van der Waals surface area contributed by atoms with Crippen LogP contribution in [0.2, 0.25) is 0 Å². The predicted octanol–water partition coefficient (Wildman–Crippen LogP) is 2.88. The molecule has 3 rings (SSSR count). The van der Waals surface area contributed by atoms with Crippen LogP contribution in [0, 0.1) is 23.6 Å². The Balaban J connectivity index is 1.50. The Morgan fingerprint density at radius 1 is 1.07 bits per heavy atom. The summed E-state index contributed by atoms with van der Waals surface area (Å²) in [5, 5.41) is 2.55. The van der Waals surface area contributed by atoms with Crippen molar-refractivity contribution in [1.82, 2.24) is 5.32 Å². The van der Waals surface area contributed by atoms with Crippen LogP contribution in [0.3, 0.4) is 0 Å². The van der Waals surface area contributed by atoms with Gasteiger partial charge in [-0.15, -0.1) is 0 Å². The number of ether oxygens (including phenoxy) is 2. The molecule has 144 valence electrons. The molecule has 1 aliphatic heterocycles. The van der Waals surface area contributed by atoms with Crippen molar-refractivity contribution >= 4 is 11.9 Å². The molecular weight excluding hydrogens is 361 g/mol. The van der Waals surface area contributed by atoms with Gasteiger partial charge in [0.2, 0.25) is 0 Å². The zero-order valence-electron chi connectivity index (χ0n) is 15.2. The maximum Gasteiger partial charge on any atom is 0.310 e. The van der Waals surface area contributed by atoms with Crippen LogP contribution in [-0.4, -0.2) is 31.8 Å². The van der Waals surface area contributed by atoms with Crippen LogP contribution in [-0.2, 0) is 14.3 Å². The second-order valence-corrected chi connectivity index (χ2v) is 6.31. The fourth-order valence-corrected chi connectivity index (χ4v) is 2.73. The van der Waals surface area contributed by atoms with Crippen molar-refractivity contribution in [2.24, 2.45) is 5.92 Å². The quantitative estimate of drug-likeness (QED) is 0.503. The molecule has 0 saturated carbocycles. The van der Waals surface area contributed by atoms with Crippen LogP contribution >= 0.6 is 0 Å². The van der Waals surface area contributed by atoms with Crippen molar-refractivity contribution in [1.29, 1.82) is 0 Å². The molecule has 1 N–H and O–H groups in total. The maximum atomic E-state index is 13.6. The lowest BCUT2D eigenvalue weighted by Gasteiger charge is -2.20. The molecule has 0 unspecified atom stereocenters. The number of carbonyl (C=O) groups excluding carboxylic acids is 2. The summed E-state index contributed by atoms with van der Waals surface area (Å²) in [5.74, 6) is 4.41. The number of carbonyl (C=O) groups is 2. The van der Waals surface area contributed by atoms with Gasteiger partial charge in [-0.25, -0.2) is 4.39 Å². The Bertz CT molecular complexity index is 893. The maximum absolute atomic E-state index is 13.6. The fraction of sp³-hybridized carbons (Fsp3) is 0.273. The number of hydrogen-bond donors (Lipinski definition) is 1. The third kappa shape index (κ3) is 5.41. The highest BCUT2D eigenvalue weighted by atomic mass is 19.1. The lowest BCUT2D eigenvalue weighted by molar-refractivity contribution is -0.152. The topological polar surface area (TPSA) is 64.6 Å². The molecule has 1 amide bonds. The third-order valence-electron chi connectivity index (χ3n) is 4.36. The van der Waals surface area contributed by atoms with Gasteiger partial charge in [-0.3, -0.25) is 9.59 Å². The van der Waals surface area contributed by atoms with Gasteiger partial charge in [-0.1, -0.05) is 24.0 Å². The standard InChI is InChI=1S/C22H20FNO4/c23-20-4-2-1-3-17(20)8-5-16-6-9-18(10-7-16)21(25)24-15-28-22(26)19-11-13-27-14-12-19/h1-4,6-7,9-10,19H,11-15H2,(H,24,25). The van der Waals surface area contributed by atoms with Crippen molar-refractivity contribution < 1.29 is 23.5 Å². The zero-order valence-corrected chi connectivity index (χ0v) is 15.2. The van der Waals surface area contributed by atoms with E-state index in [1.807, 2.05) is 0 Å². The Morgan fingerprint density at radius 3 is 2.50 bits per heavy atom. The van der Waals surface area contributed by atoms with Gasteiger partial charge in [0, 0.05) is 24.3 Å². The molecule has 6 heteroatoms. The number of hydrogen-bond acceptors (Lipinski definition) is 4. The molecular formula is C22H20FNO4. The minimum atomic E-state index is -0.374. The SMILES string of the molecule is O=C(NCOC(=O)C1CCOCC1)c1ccc(C#Cc2ccccc2F)cc1. The summed E-state index contributed by atoms with van der Waals surface area (Å²) < 4.78 is 23.9. The van der Waals surface area contributed by atoms with E-state index in [-0.39, 0.29) is 30.3 Å². The van der Waals surface area contributed by atoms with Crippen molar-refractivity contribution in [2.45, 2.75) is 12.8 Å². The Hall–Kier alpha value is -3.17. The van der Waals surface area contributed by atoms with E-state index in [2.05, 4.69) is 17.2 Å². The second kappa shape index (κ2) is 9.67. The van der Waals surface area contributed by atoms with E-state index >= 15 is 0 Å². The van der Waals surface area contributed by atoms with E-state index < -0.39 is 0 Å². The average Bonchev–Trinajstić information content (AvgIpc) is 2.74. The highest BCUT2D eigenvalue weighted by molar-refractivity contribution is 5.94. The largest absolute Gasteiger partial charge is 0.444 e. The summed E-state index contributed by atoms with van der Waals surface area (Å²) in [5.41, 5.74) is 1.39. The van der Waals surface area contributed by atoms with Crippen LogP contribution in [0.5, 0.6) is 0 Å². The van der Waals surface area contributed by atoms with E-state index in [1.165, 1.54) is 6.07 Å². The monoisotopic (exact) mass is 381 g/mol. The number of halogens is 1. The molecule has 1 heterocycles. The lowest BCUT2D eigenvalue weighted by Crippen LogP contribution is -2.31. The molecule has 0 bridgehead atoms. The molecule has 0 aliphatic carbocycles. The molecule has 0 aromatic heterocycles. The van der Waals surface area contributed by atoms with Crippen molar-refractivity contribution in [3.63, 3.8) is 0 Å².